The number of guanidine groups is 1. The summed E-state index contributed by atoms with van der Waals surface area (Å²) < 4.78 is 18.8. The second-order valence-electron chi connectivity index (χ2n) is 6.84. The first-order valence-electron chi connectivity index (χ1n) is 8.87. The lowest BCUT2D eigenvalue weighted by atomic mass is 9.97. The van der Waals surface area contributed by atoms with E-state index in [1.165, 1.54) is 12.1 Å². The van der Waals surface area contributed by atoms with Gasteiger partial charge in [-0.1, -0.05) is 12.2 Å². The van der Waals surface area contributed by atoms with Crippen molar-refractivity contribution in [1.29, 1.82) is 0 Å². The van der Waals surface area contributed by atoms with Gasteiger partial charge in [0, 0.05) is 50.9 Å². The van der Waals surface area contributed by atoms with Crippen LogP contribution in [0.3, 0.4) is 0 Å². The van der Waals surface area contributed by atoms with Gasteiger partial charge in [0.1, 0.15) is 5.82 Å². The van der Waals surface area contributed by atoms with Crippen LogP contribution in [-0.4, -0.2) is 56.3 Å². The highest BCUT2D eigenvalue weighted by molar-refractivity contribution is 14.0. The Morgan fingerprint density at radius 2 is 1.92 bits per heavy atom. The summed E-state index contributed by atoms with van der Waals surface area (Å²) in [7, 11) is 0. The van der Waals surface area contributed by atoms with Crippen LogP contribution in [-0.2, 0) is 4.74 Å². The van der Waals surface area contributed by atoms with Gasteiger partial charge in [-0.05, 0) is 37.6 Å². The van der Waals surface area contributed by atoms with E-state index in [9.17, 15) is 4.39 Å². The highest BCUT2D eigenvalue weighted by atomic mass is 127. The number of aliphatic imine (C=N–C) groups is 1. The summed E-state index contributed by atoms with van der Waals surface area (Å²) in [5.41, 5.74) is 8.30. The molecule has 0 radical (unpaired) electrons. The molecule has 2 atom stereocenters. The van der Waals surface area contributed by atoms with E-state index in [-0.39, 0.29) is 35.9 Å². The van der Waals surface area contributed by atoms with Crippen LogP contribution in [0.4, 0.5) is 10.1 Å². The summed E-state index contributed by atoms with van der Waals surface area (Å²) >= 11 is 0. The number of nitrogens with two attached hydrogens (primary N) is 1. The molecule has 0 saturated carbocycles. The van der Waals surface area contributed by atoms with Gasteiger partial charge in [-0.3, -0.25) is 4.99 Å². The van der Waals surface area contributed by atoms with Crippen molar-refractivity contribution < 1.29 is 9.13 Å². The third-order valence-electron chi connectivity index (χ3n) is 4.98. The molecule has 2 unspecified atom stereocenters. The molecule has 1 aromatic carbocycles. The van der Waals surface area contributed by atoms with Crippen molar-refractivity contribution in [3.05, 3.63) is 42.2 Å². The van der Waals surface area contributed by atoms with E-state index in [0.717, 1.165) is 50.5 Å². The first-order chi connectivity index (χ1) is 12.0. The Morgan fingerprint density at radius 1 is 1.27 bits per heavy atom. The van der Waals surface area contributed by atoms with Gasteiger partial charge in [-0.15, -0.1) is 24.0 Å². The van der Waals surface area contributed by atoms with Gasteiger partial charge in [-0.25, -0.2) is 4.39 Å². The molecule has 2 aliphatic rings. The third-order valence-corrected chi connectivity index (χ3v) is 4.98. The van der Waals surface area contributed by atoms with E-state index in [1.54, 1.807) is 0 Å². The maximum absolute atomic E-state index is 13.0. The van der Waals surface area contributed by atoms with E-state index in [4.69, 9.17) is 10.5 Å². The molecular weight excluding hydrogens is 446 g/mol. The van der Waals surface area contributed by atoms with Gasteiger partial charge in [0.15, 0.2) is 5.96 Å². The number of rotatable bonds is 4. The van der Waals surface area contributed by atoms with Crippen LogP contribution in [0.5, 0.6) is 0 Å². The zero-order valence-electron chi connectivity index (χ0n) is 15.2. The van der Waals surface area contributed by atoms with E-state index in [0.29, 0.717) is 18.4 Å². The minimum absolute atomic E-state index is 0. The standard InChI is InChI=1S/C19H27FN4O.HI/c1-14(2)18-15(7-12-25-18)13-22-19(21)24-10-8-23(9-11-24)17-5-3-16(20)4-6-17;/h3-6,15,18H,1,7-13H2,2H3,(H2,21,22);1H. The molecule has 0 spiro atoms. The molecule has 0 aliphatic carbocycles. The molecule has 144 valence electrons. The summed E-state index contributed by atoms with van der Waals surface area (Å²) in [6.07, 6.45) is 1.11. The lowest BCUT2D eigenvalue weighted by Crippen LogP contribution is -2.51. The quantitative estimate of drug-likeness (QED) is 0.316. The Morgan fingerprint density at radius 3 is 2.54 bits per heavy atom. The third kappa shape index (κ3) is 5.09. The fourth-order valence-corrected chi connectivity index (χ4v) is 3.52. The fourth-order valence-electron chi connectivity index (χ4n) is 3.52. The molecule has 0 aromatic heterocycles. The highest BCUT2D eigenvalue weighted by Gasteiger charge is 2.28. The molecule has 2 aliphatic heterocycles. The van der Waals surface area contributed by atoms with E-state index < -0.39 is 0 Å². The zero-order chi connectivity index (χ0) is 17.8. The summed E-state index contributed by atoms with van der Waals surface area (Å²) in [4.78, 5) is 8.96. The van der Waals surface area contributed by atoms with Gasteiger partial charge in [-0.2, -0.15) is 0 Å². The lowest BCUT2D eigenvalue weighted by Gasteiger charge is -2.36. The summed E-state index contributed by atoms with van der Waals surface area (Å²) in [6.45, 7) is 10.8. The Labute approximate surface area is 172 Å². The molecule has 0 amide bonds. The van der Waals surface area contributed by atoms with E-state index in [1.807, 2.05) is 19.1 Å². The number of benzene rings is 1. The van der Waals surface area contributed by atoms with Crippen LogP contribution in [0, 0.1) is 11.7 Å². The molecule has 2 heterocycles. The van der Waals surface area contributed by atoms with Crippen molar-refractivity contribution in [3.63, 3.8) is 0 Å². The Kier molecular flexibility index (Phi) is 7.69. The average Bonchev–Trinajstić information content (AvgIpc) is 3.09. The summed E-state index contributed by atoms with van der Waals surface area (Å²) in [6, 6.07) is 6.64. The van der Waals surface area contributed by atoms with Crippen LogP contribution in [0.15, 0.2) is 41.4 Å². The number of anilines is 1. The van der Waals surface area contributed by atoms with Gasteiger partial charge in [0.2, 0.25) is 0 Å². The molecule has 7 heteroatoms. The molecule has 3 rings (SSSR count). The second kappa shape index (κ2) is 9.55. The normalized spacial score (nSPS) is 23.7. The highest BCUT2D eigenvalue weighted by Crippen LogP contribution is 2.26. The van der Waals surface area contributed by atoms with Crippen molar-refractivity contribution in [3.8, 4) is 0 Å². The number of nitrogens with zero attached hydrogens (tertiary/aromatic N) is 3. The molecule has 5 nitrogen and oxygen atoms in total. The minimum Gasteiger partial charge on any atom is -0.374 e. The van der Waals surface area contributed by atoms with Crippen LogP contribution in [0.1, 0.15) is 13.3 Å². The lowest BCUT2D eigenvalue weighted by molar-refractivity contribution is 0.120. The van der Waals surface area contributed by atoms with Gasteiger partial charge in [0.25, 0.3) is 0 Å². The van der Waals surface area contributed by atoms with Crippen LogP contribution < -0.4 is 10.6 Å². The predicted octanol–water partition coefficient (Wildman–Crippen LogP) is 2.86. The van der Waals surface area contributed by atoms with Crippen molar-refractivity contribution in [2.75, 3.05) is 44.2 Å². The number of halogens is 2. The molecule has 2 fully saturated rings. The topological polar surface area (TPSA) is 54.1 Å². The molecule has 1 aromatic rings. The largest absolute Gasteiger partial charge is 0.374 e. The predicted molar refractivity (Wildman–Crippen MR) is 115 cm³/mol. The smallest absolute Gasteiger partial charge is 0.191 e. The maximum atomic E-state index is 13.0. The number of hydrogen-bond donors (Lipinski definition) is 1. The maximum Gasteiger partial charge on any atom is 0.191 e. The van der Waals surface area contributed by atoms with Crippen molar-refractivity contribution in [2.24, 2.45) is 16.6 Å². The number of ether oxygens (including phenoxy) is 1. The Hall–Kier alpha value is -1.35. The molecule has 2 saturated heterocycles. The average molecular weight is 474 g/mol. The van der Waals surface area contributed by atoms with Gasteiger partial charge in [0.05, 0.1) is 6.10 Å². The van der Waals surface area contributed by atoms with Gasteiger partial charge < -0.3 is 20.3 Å². The summed E-state index contributed by atoms with van der Waals surface area (Å²) in [5, 5.41) is 0. The van der Waals surface area contributed by atoms with Crippen LogP contribution in [0.25, 0.3) is 0 Å². The Balaban J connectivity index is 0.00000243. The van der Waals surface area contributed by atoms with Crippen molar-refractivity contribution >= 4 is 35.6 Å². The number of hydrogen-bond acceptors (Lipinski definition) is 3. The van der Waals surface area contributed by atoms with Gasteiger partial charge >= 0.3 is 0 Å². The minimum atomic E-state index is -0.206. The Bertz CT molecular complexity index is 629. The molecular formula is C19H28FIN4O. The molecule has 2 N–H and O–H groups in total. The first kappa shape index (κ1) is 21.0. The molecule has 0 bridgehead atoms. The van der Waals surface area contributed by atoms with Crippen LogP contribution in [0.2, 0.25) is 0 Å². The fraction of sp³-hybridized carbons (Fsp3) is 0.526. The SMILES string of the molecule is C=C(C)C1OCCC1CN=C(N)N1CCN(c2ccc(F)cc2)CC1.I. The zero-order valence-corrected chi connectivity index (χ0v) is 17.6. The van der Waals surface area contributed by atoms with Crippen molar-refractivity contribution in [2.45, 2.75) is 19.4 Å². The number of piperazine rings is 1. The monoisotopic (exact) mass is 474 g/mol. The van der Waals surface area contributed by atoms with Crippen LogP contribution >= 0.6 is 24.0 Å². The van der Waals surface area contributed by atoms with E-state index >= 15 is 0 Å². The second-order valence-corrected chi connectivity index (χ2v) is 6.84. The van der Waals surface area contributed by atoms with E-state index in [2.05, 4.69) is 21.4 Å². The van der Waals surface area contributed by atoms with Crippen molar-refractivity contribution in [1.82, 2.24) is 4.90 Å². The summed E-state index contributed by atoms with van der Waals surface area (Å²) in [5.74, 6) is 0.769. The molecule has 26 heavy (non-hydrogen) atoms. The first-order valence-corrected chi connectivity index (χ1v) is 8.87.